The summed E-state index contributed by atoms with van der Waals surface area (Å²) in [5.41, 5.74) is 0.263. The summed E-state index contributed by atoms with van der Waals surface area (Å²) in [6.07, 6.45) is -3.62. The molecule has 0 amide bonds. The molecule has 1 rings (SSSR count). The maximum Gasteiger partial charge on any atom is 0.389 e. The van der Waals surface area contributed by atoms with Crippen LogP contribution in [0.4, 0.5) is 13.2 Å². The first-order valence-electron chi connectivity index (χ1n) is 6.17. The molecule has 6 heteroatoms. The Bertz CT molecular complexity index is 295. The van der Waals surface area contributed by atoms with E-state index in [4.69, 9.17) is 0 Å². The highest BCUT2D eigenvalue weighted by Gasteiger charge is 2.27. The second-order valence-electron chi connectivity index (χ2n) is 5.80. The number of hydrogen-bond acceptors (Lipinski definition) is 3. The van der Waals surface area contributed by atoms with Crippen molar-refractivity contribution in [2.24, 2.45) is 10.4 Å². The highest BCUT2D eigenvalue weighted by atomic mass is 32.2. The molecule has 1 unspecified atom stereocenters. The van der Waals surface area contributed by atoms with E-state index in [1.807, 2.05) is 0 Å². The predicted molar refractivity (Wildman–Crippen MR) is 71.0 cm³/mol. The zero-order chi connectivity index (χ0) is 13.8. The van der Waals surface area contributed by atoms with Gasteiger partial charge in [-0.15, -0.1) is 0 Å². The van der Waals surface area contributed by atoms with Crippen LogP contribution in [-0.4, -0.2) is 29.7 Å². The topological polar surface area (TPSA) is 24.4 Å². The minimum absolute atomic E-state index is 0.104. The van der Waals surface area contributed by atoms with Gasteiger partial charge < -0.3 is 5.32 Å². The van der Waals surface area contributed by atoms with Gasteiger partial charge in [-0.3, -0.25) is 4.99 Å². The Balaban J connectivity index is 2.15. The van der Waals surface area contributed by atoms with Crippen molar-refractivity contribution >= 4 is 16.9 Å². The number of thioether (sulfide) groups is 1. The molecule has 0 aromatic carbocycles. The largest absolute Gasteiger partial charge is 0.389 e. The Hall–Kier alpha value is -0.390. The van der Waals surface area contributed by atoms with E-state index in [1.54, 1.807) is 11.8 Å². The molecule has 18 heavy (non-hydrogen) atoms. The van der Waals surface area contributed by atoms with Gasteiger partial charge in [0.25, 0.3) is 0 Å². The quantitative estimate of drug-likeness (QED) is 0.793. The Morgan fingerprint density at radius 2 is 2.00 bits per heavy atom. The SMILES string of the molecule is CC(C)(C)CC1CN=C(NCCCC(F)(F)F)S1. The summed E-state index contributed by atoms with van der Waals surface area (Å²) in [7, 11) is 0. The van der Waals surface area contributed by atoms with Crippen LogP contribution in [0.15, 0.2) is 4.99 Å². The molecule has 1 N–H and O–H groups in total. The fraction of sp³-hybridized carbons (Fsp3) is 0.917. The monoisotopic (exact) mass is 282 g/mol. The standard InChI is InChI=1S/C12H21F3N2S/c1-11(2,3)7-9-8-17-10(18-9)16-6-4-5-12(13,14)15/h9H,4-8H2,1-3H3,(H,16,17). The zero-order valence-corrected chi connectivity index (χ0v) is 11.9. The van der Waals surface area contributed by atoms with Gasteiger partial charge in [-0.05, 0) is 18.3 Å². The molecule has 0 aromatic heterocycles. The van der Waals surface area contributed by atoms with E-state index in [0.29, 0.717) is 11.8 Å². The number of aliphatic imine (C=N–C) groups is 1. The van der Waals surface area contributed by atoms with E-state index >= 15 is 0 Å². The number of halogens is 3. The normalized spacial score (nSPS) is 21.0. The van der Waals surface area contributed by atoms with E-state index in [1.165, 1.54) is 0 Å². The van der Waals surface area contributed by atoms with Crippen molar-refractivity contribution < 1.29 is 13.2 Å². The third kappa shape index (κ3) is 7.13. The molecular weight excluding hydrogens is 261 g/mol. The lowest BCUT2D eigenvalue weighted by Crippen LogP contribution is -2.23. The Labute approximate surface area is 111 Å². The lowest BCUT2D eigenvalue weighted by Gasteiger charge is -2.21. The number of nitrogens with one attached hydrogen (secondary N) is 1. The average Bonchev–Trinajstić information content (AvgIpc) is 2.56. The van der Waals surface area contributed by atoms with Gasteiger partial charge in [0.1, 0.15) is 0 Å². The number of rotatable bonds is 4. The van der Waals surface area contributed by atoms with Crippen molar-refractivity contribution in [3.05, 3.63) is 0 Å². The Kier molecular flexibility index (Phi) is 5.37. The summed E-state index contributed by atoms with van der Waals surface area (Å²) in [5, 5.41) is 4.23. The molecule has 0 saturated heterocycles. The van der Waals surface area contributed by atoms with E-state index in [9.17, 15) is 13.2 Å². The summed E-state index contributed by atoms with van der Waals surface area (Å²) in [6, 6.07) is 0. The highest BCUT2D eigenvalue weighted by molar-refractivity contribution is 8.14. The molecule has 0 radical (unpaired) electrons. The first-order chi connectivity index (χ1) is 8.16. The van der Waals surface area contributed by atoms with Crippen LogP contribution < -0.4 is 5.32 Å². The molecule has 1 aliphatic rings. The fourth-order valence-corrected chi connectivity index (χ4v) is 3.17. The van der Waals surface area contributed by atoms with Crippen molar-refractivity contribution in [3.63, 3.8) is 0 Å². The maximum atomic E-state index is 11.9. The van der Waals surface area contributed by atoms with Gasteiger partial charge in [0, 0.05) is 18.2 Å². The van der Waals surface area contributed by atoms with Gasteiger partial charge in [0.15, 0.2) is 5.17 Å². The van der Waals surface area contributed by atoms with Crippen LogP contribution in [0.25, 0.3) is 0 Å². The third-order valence-corrected chi connectivity index (χ3v) is 3.62. The van der Waals surface area contributed by atoms with Gasteiger partial charge in [-0.1, -0.05) is 32.5 Å². The van der Waals surface area contributed by atoms with Crippen LogP contribution in [-0.2, 0) is 0 Å². The van der Waals surface area contributed by atoms with Crippen LogP contribution in [0.3, 0.4) is 0 Å². The smallest absolute Gasteiger partial charge is 0.365 e. The summed E-state index contributed by atoms with van der Waals surface area (Å²) in [6.45, 7) is 7.66. The van der Waals surface area contributed by atoms with E-state index in [0.717, 1.165) is 18.1 Å². The van der Waals surface area contributed by atoms with Gasteiger partial charge in [0.05, 0.1) is 6.54 Å². The van der Waals surface area contributed by atoms with Gasteiger partial charge in [-0.2, -0.15) is 13.2 Å². The molecule has 106 valence electrons. The average molecular weight is 282 g/mol. The van der Waals surface area contributed by atoms with Crippen molar-refractivity contribution in [1.82, 2.24) is 5.32 Å². The zero-order valence-electron chi connectivity index (χ0n) is 11.1. The summed E-state index contributed by atoms with van der Waals surface area (Å²) in [4.78, 5) is 4.32. The summed E-state index contributed by atoms with van der Waals surface area (Å²) >= 11 is 1.65. The number of alkyl halides is 3. The lowest BCUT2D eigenvalue weighted by molar-refractivity contribution is -0.135. The molecule has 0 aliphatic carbocycles. The minimum atomic E-state index is -4.05. The Morgan fingerprint density at radius 1 is 1.33 bits per heavy atom. The molecule has 0 bridgehead atoms. The number of amidine groups is 1. The highest BCUT2D eigenvalue weighted by Crippen LogP contribution is 2.31. The molecular formula is C12H21F3N2S. The molecule has 1 aliphatic heterocycles. The molecule has 1 atom stereocenters. The third-order valence-electron chi connectivity index (χ3n) is 2.47. The molecule has 0 saturated carbocycles. The van der Waals surface area contributed by atoms with E-state index < -0.39 is 12.6 Å². The first-order valence-corrected chi connectivity index (χ1v) is 7.05. The van der Waals surface area contributed by atoms with Crippen molar-refractivity contribution in [2.45, 2.75) is 51.5 Å². The molecule has 0 aromatic rings. The van der Waals surface area contributed by atoms with E-state index in [2.05, 4.69) is 31.1 Å². The molecule has 0 spiro atoms. The lowest BCUT2D eigenvalue weighted by atomic mass is 9.90. The molecule has 1 heterocycles. The van der Waals surface area contributed by atoms with Gasteiger partial charge in [0.2, 0.25) is 0 Å². The maximum absolute atomic E-state index is 11.9. The van der Waals surface area contributed by atoms with Crippen LogP contribution in [0.1, 0.15) is 40.0 Å². The summed E-state index contributed by atoms with van der Waals surface area (Å²) in [5.74, 6) is 0. The van der Waals surface area contributed by atoms with Crippen LogP contribution in [0.2, 0.25) is 0 Å². The first kappa shape index (κ1) is 15.7. The minimum Gasteiger partial charge on any atom is -0.365 e. The van der Waals surface area contributed by atoms with Crippen molar-refractivity contribution in [2.75, 3.05) is 13.1 Å². The van der Waals surface area contributed by atoms with Crippen molar-refractivity contribution in [1.29, 1.82) is 0 Å². The second-order valence-corrected chi connectivity index (χ2v) is 7.09. The number of nitrogens with zero attached hydrogens (tertiary/aromatic N) is 1. The van der Waals surface area contributed by atoms with Crippen molar-refractivity contribution in [3.8, 4) is 0 Å². The fourth-order valence-electron chi connectivity index (χ4n) is 1.79. The van der Waals surface area contributed by atoms with Crippen LogP contribution in [0.5, 0.6) is 0 Å². The van der Waals surface area contributed by atoms with Gasteiger partial charge in [-0.25, -0.2) is 0 Å². The molecule has 0 fully saturated rings. The second kappa shape index (κ2) is 6.17. The van der Waals surface area contributed by atoms with Gasteiger partial charge >= 0.3 is 6.18 Å². The number of hydrogen-bond donors (Lipinski definition) is 1. The van der Waals surface area contributed by atoms with E-state index in [-0.39, 0.29) is 11.8 Å². The van der Waals surface area contributed by atoms with Crippen LogP contribution >= 0.6 is 11.8 Å². The van der Waals surface area contributed by atoms with Crippen LogP contribution in [0, 0.1) is 5.41 Å². The predicted octanol–water partition coefficient (Wildman–Crippen LogP) is 3.83. The molecule has 2 nitrogen and oxygen atoms in total. The summed E-state index contributed by atoms with van der Waals surface area (Å²) < 4.78 is 35.8. The Morgan fingerprint density at radius 3 is 2.56 bits per heavy atom.